The van der Waals surface area contributed by atoms with Crippen LogP contribution in [-0.4, -0.2) is 26.2 Å². The summed E-state index contributed by atoms with van der Waals surface area (Å²) in [5.41, 5.74) is 5.89. The van der Waals surface area contributed by atoms with Gasteiger partial charge in [-0.2, -0.15) is 0 Å². The van der Waals surface area contributed by atoms with Crippen LogP contribution in [-0.2, 0) is 10.0 Å². The fourth-order valence-electron chi connectivity index (χ4n) is 1.11. The first-order chi connectivity index (χ1) is 7.36. The molecule has 1 heterocycles. The van der Waals surface area contributed by atoms with Gasteiger partial charge in [0.15, 0.2) is 0 Å². The molecule has 0 amide bonds. The van der Waals surface area contributed by atoms with E-state index in [1.165, 1.54) is 6.07 Å². The van der Waals surface area contributed by atoms with E-state index in [0.717, 1.165) is 11.3 Å². The normalized spacial score (nSPS) is 14.2. The van der Waals surface area contributed by atoms with E-state index in [9.17, 15) is 8.42 Å². The Bertz CT molecular complexity index is 439. The van der Waals surface area contributed by atoms with Crippen molar-refractivity contribution in [3.05, 3.63) is 11.4 Å². The molecule has 0 aromatic carbocycles. The quantitative estimate of drug-likeness (QED) is 0.727. The van der Waals surface area contributed by atoms with Gasteiger partial charge in [-0.05, 0) is 12.0 Å². The molecular weight excluding hydrogens is 248 g/mol. The first kappa shape index (κ1) is 13.4. The maximum Gasteiger partial charge on any atom is 0.250 e. The zero-order chi connectivity index (χ0) is 12.3. The third kappa shape index (κ3) is 3.18. The molecule has 0 spiro atoms. The molecule has 16 heavy (non-hydrogen) atoms. The minimum Gasteiger partial charge on any atom is -0.398 e. The van der Waals surface area contributed by atoms with Gasteiger partial charge >= 0.3 is 0 Å². The van der Waals surface area contributed by atoms with E-state index >= 15 is 0 Å². The van der Waals surface area contributed by atoms with E-state index in [1.54, 1.807) is 5.38 Å². The molecule has 0 saturated carbocycles. The highest BCUT2D eigenvalue weighted by molar-refractivity contribution is 7.91. The summed E-state index contributed by atoms with van der Waals surface area (Å²) in [5.74, 6) is 0.0251. The van der Waals surface area contributed by atoms with E-state index in [-0.39, 0.29) is 16.7 Å². The van der Waals surface area contributed by atoms with E-state index < -0.39 is 16.1 Å². The van der Waals surface area contributed by atoms with E-state index in [4.69, 9.17) is 10.8 Å². The fourth-order valence-corrected chi connectivity index (χ4v) is 3.59. The van der Waals surface area contributed by atoms with Crippen LogP contribution in [0.4, 0.5) is 5.69 Å². The molecule has 92 valence electrons. The molecule has 0 saturated heterocycles. The molecule has 1 aromatic rings. The number of aliphatic hydroxyl groups excluding tert-OH is 1. The largest absolute Gasteiger partial charge is 0.398 e. The van der Waals surface area contributed by atoms with Crippen molar-refractivity contribution in [2.24, 2.45) is 5.92 Å². The molecule has 0 fully saturated rings. The second-order valence-corrected chi connectivity index (χ2v) is 6.71. The van der Waals surface area contributed by atoms with Crippen LogP contribution >= 0.6 is 11.3 Å². The highest BCUT2D eigenvalue weighted by atomic mass is 32.2. The van der Waals surface area contributed by atoms with Crippen molar-refractivity contribution in [2.75, 3.05) is 12.3 Å². The SMILES string of the molecule is CC(C)[C@@H](CO)NS(=O)(=O)c1cc(N)cs1. The lowest BCUT2D eigenvalue weighted by atomic mass is 10.1. The van der Waals surface area contributed by atoms with Gasteiger partial charge in [0, 0.05) is 17.1 Å². The maximum absolute atomic E-state index is 11.9. The number of anilines is 1. The van der Waals surface area contributed by atoms with Crippen molar-refractivity contribution in [3.8, 4) is 0 Å². The number of nitrogens with one attached hydrogen (secondary N) is 1. The summed E-state index contributed by atoms with van der Waals surface area (Å²) < 4.78 is 26.3. The molecular formula is C9H16N2O3S2. The number of nitrogens with two attached hydrogens (primary N) is 1. The van der Waals surface area contributed by atoms with E-state index in [2.05, 4.69) is 4.72 Å². The molecule has 0 radical (unpaired) electrons. The van der Waals surface area contributed by atoms with Crippen LogP contribution in [0, 0.1) is 5.92 Å². The minimum atomic E-state index is -3.57. The second-order valence-electron chi connectivity index (χ2n) is 3.85. The molecule has 0 aliphatic rings. The van der Waals surface area contributed by atoms with Gasteiger partial charge in [0.2, 0.25) is 10.0 Å². The van der Waals surface area contributed by atoms with Gasteiger partial charge in [0.05, 0.1) is 6.61 Å². The number of sulfonamides is 1. The first-order valence-corrected chi connectivity index (χ1v) is 7.20. The number of hydrogen-bond donors (Lipinski definition) is 3. The van der Waals surface area contributed by atoms with E-state index in [0.29, 0.717) is 5.69 Å². The summed E-state index contributed by atoms with van der Waals surface area (Å²) in [6.07, 6.45) is 0. The number of hydrogen-bond acceptors (Lipinski definition) is 5. The lowest BCUT2D eigenvalue weighted by molar-refractivity contribution is 0.228. The zero-order valence-electron chi connectivity index (χ0n) is 9.17. The van der Waals surface area contributed by atoms with Gasteiger partial charge in [-0.25, -0.2) is 13.1 Å². The Hall–Kier alpha value is -0.630. The Kier molecular flexibility index (Phi) is 4.31. The third-order valence-corrected chi connectivity index (χ3v) is 5.12. The van der Waals surface area contributed by atoms with Gasteiger partial charge in [-0.3, -0.25) is 0 Å². The summed E-state index contributed by atoms with van der Waals surface area (Å²) >= 11 is 1.06. The van der Waals surface area contributed by atoms with Crippen molar-refractivity contribution in [1.82, 2.24) is 4.72 Å². The molecule has 4 N–H and O–H groups in total. The van der Waals surface area contributed by atoms with Gasteiger partial charge in [0.25, 0.3) is 0 Å². The molecule has 1 atom stereocenters. The van der Waals surface area contributed by atoms with Gasteiger partial charge in [-0.1, -0.05) is 13.8 Å². The molecule has 0 bridgehead atoms. The van der Waals surface area contributed by atoms with Crippen molar-refractivity contribution in [3.63, 3.8) is 0 Å². The van der Waals surface area contributed by atoms with Gasteiger partial charge < -0.3 is 10.8 Å². The summed E-state index contributed by atoms with van der Waals surface area (Å²) in [6.45, 7) is 3.45. The average Bonchev–Trinajstić information content (AvgIpc) is 2.61. The van der Waals surface area contributed by atoms with Gasteiger partial charge in [0.1, 0.15) is 4.21 Å². The molecule has 7 heteroatoms. The topological polar surface area (TPSA) is 92.4 Å². The Balaban J connectivity index is 2.87. The third-order valence-electron chi connectivity index (χ3n) is 2.17. The standard InChI is InChI=1S/C9H16N2O3S2/c1-6(2)8(4-12)11-16(13,14)9-3-7(10)5-15-9/h3,5-6,8,11-12H,4,10H2,1-2H3/t8-/m1/s1. The summed E-state index contributed by atoms with van der Waals surface area (Å²) in [5, 5.41) is 10.6. The molecule has 0 aliphatic carbocycles. The average molecular weight is 264 g/mol. The highest BCUT2D eigenvalue weighted by Crippen LogP contribution is 2.22. The fraction of sp³-hybridized carbons (Fsp3) is 0.556. The second kappa shape index (κ2) is 5.13. The summed E-state index contributed by atoms with van der Waals surface area (Å²) in [6, 6.07) is 0.926. The van der Waals surface area contributed by atoms with Crippen LogP contribution in [0.2, 0.25) is 0 Å². The Labute approximate surface area is 99.3 Å². The molecule has 0 unspecified atom stereocenters. The van der Waals surface area contributed by atoms with Crippen LogP contribution in [0.1, 0.15) is 13.8 Å². The van der Waals surface area contributed by atoms with Crippen molar-refractivity contribution >= 4 is 27.0 Å². The van der Waals surface area contributed by atoms with Crippen LogP contribution in [0.15, 0.2) is 15.7 Å². The minimum absolute atomic E-state index is 0.0251. The highest BCUT2D eigenvalue weighted by Gasteiger charge is 2.23. The van der Waals surface area contributed by atoms with Crippen LogP contribution in [0.25, 0.3) is 0 Å². The summed E-state index contributed by atoms with van der Waals surface area (Å²) in [7, 11) is -3.57. The number of rotatable bonds is 5. The maximum atomic E-state index is 11.9. The van der Waals surface area contributed by atoms with Crippen molar-refractivity contribution in [2.45, 2.75) is 24.1 Å². The molecule has 1 aromatic heterocycles. The zero-order valence-corrected chi connectivity index (χ0v) is 10.8. The lowest BCUT2D eigenvalue weighted by Gasteiger charge is -2.19. The first-order valence-electron chi connectivity index (χ1n) is 4.84. The Morgan fingerprint density at radius 3 is 2.56 bits per heavy atom. The smallest absolute Gasteiger partial charge is 0.250 e. The molecule has 1 rings (SSSR count). The monoisotopic (exact) mass is 264 g/mol. The van der Waals surface area contributed by atoms with Crippen LogP contribution in [0.3, 0.4) is 0 Å². The number of thiophene rings is 1. The van der Waals surface area contributed by atoms with Gasteiger partial charge in [-0.15, -0.1) is 11.3 Å². The summed E-state index contributed by atoms with van der Waals surface area (Å²) in [4.78, 5) is 0. The predicted octanol–water partition coefficient (Wildman–Crippen LogP) is 0.625. The predicted molar refractivity (Wildman–Crippen MR) is 64.8 cm³/mol. The molecule has 5 nitrogen and oxygen atoms in total. The Morgan fingerprint density at radius 2 is 2.19 bits per heavy atom. The molecule has 0 aliphatic heterocycles. The van der Waals surface area contributed by atoms with Crippen molar-refractivity contribution in [1.29, 1.82) is 0 Å². The van der Waals surface area contributed by atoms with Crippen LogP contribution in [0.5, 0.6) is 0 Å². The van der Waals surface area contributed by atoms with Crippen LogP contribution < -0.4 is 10.5 Å². The number of aliphatic hydroxyl groups is 1. The number of nitrogen functional groups attached to an aromatic ring is 1. The Morgan fingerprint density at radius 1 is 1.56 bits per heavy atom. The van der Waals surface area contributed by atoms with E-state index in [1.807, 2.05) is 13.8 Å². The van der Waals surface area contributed by atoms with Crippen molar-refractivity contribution < 1.29 is 13.5 Å². The lowest BCUT2D eigenvalue weighted by Crippen LogP contribution is -2.40.